The Morgan fingerprint density at radius 1 is 1.31 bits per heavy atom. The number of esters is 1. The Bertz CT molecular complexity index is 801. The summed E-state index contributed by atoms with van der Waals surface area (Å²) >= 11 is 0. The normalized spacial score (nSPS) is 29.7. The third kappa shape index (κ3) is 5.19. The highest BCUT2D eigenvalue weighted by molar-refractivity contribution is 5.98. The fourth-order valence-electron chi connectivity index (χ4n) is 6.21. The van der Waals surface area contributed by atoms with Crippen LogP contribution in [-0.2, 0) is 23.9 Å². The molecule has 8 nitrogen and oxygen atoms in total. The number of hydrogen-bond acceptors (Lipinski definition) is 6. The van der Waals surface area contributed by atoms with E-state index in [9.17, 15) is 14.4 Å². The molecule has 0 aromatic heterocycles. The molecular formula is C27H42N2O6. The van der Waals surface area contributed by atoms with Crippen LogP contribution in [0.2, 0.25) is 0 Å². The lowest BCUT2D eigenvalue weighted by atomic mass is 9.70. The van der Waals surface area contributed by atoms with E-state index in [4.69, 9.17) is 14.6 Å². The van der Waals surface area contributed by atoms with Gasteiger partial charge in [-0.1, -0.05) is 25.5 Å². The third-order valence-corrected chi connectivity index (χ3v) is 7.78. The van der Waals surface area contributed by atoms with Gasteiger partial charge in [0.2, 0.25) is 11.8 Å². The summed E-state index contributed by atoms with van der Waals surface area (Å²) in [6, 6.07) is -0.782. The average molecular weight is 491 g/mol. The molecule has 35 heavy (non-hydrogen) atoms. The number of nitrogens with zero attached hydrogens (tertiary/aromatic N) is 2. The fourth-order valence-corrected chi connectivity index (χ4v) is 6.21. The van der Waals surface area contributed by atoms with Gasteiger partial charge in [0.15, 0.2) is 0 Å². The first-order valence-electron chi connectivity index (χ1n) is 13.2. The number of aliphatic hydroxyl groups is 1. The number of unbranched alkanes of at least 4 members (excludes halogenated alkanes) is 2. The Morgan fingerprint density at radius 3 is 2.74 bits per heavy atom. The van der Waals surface area contributed by atoms with Gasteiger partial charge in [-0.25, -0.2) is 0 Å². The molecule has 0 aromatic rings. The van der Waals surface area contributed by atoms with Crippen molar-refractivity contribution in [3.63, 3.8) is 0 Å². The van der Waals surface area contributed by atoms with Crippen molar-refractivity contribution in [2.45, 2.75) is 89.0 Å². The summed E-state index contributed by atoms with van der Waals surface area (Å²) in [5, 5.41) is 9.17. The van der Waals surface area contributed by atoms with Crippen LogP contribution in [0.15, 0.2) is 25.3 Å². The van der Waals surface area contributed by atoms with E-state index < -0.39 is 35.6 Å². The quantitative estimate of drug-likeness (QED) is 0.215. The summed E-state index contributed by atoms with van der Waals surface area (Å²) in [6.07, 6.45) is 8.55. The zero-order chi connectivity index (χ0) is 25.6. The second kappa shape index (κ2) is 12.2. The van der Waals surface area contributed by atoms with E-state index >= 15 is 0 Å². The molecule has 3 unspecified atom stereocenters. The first kappa shape index (κ1) is 27.4. The zero-order valence-electron chi connectivity index (χ0n) is 21.3. The van der Waals surface area contributed by atoms with Crippen LogP contribution < -0.4 is 0 Å². The van der Waals surface area contributed by atoms with Crippen LogP contribution in [0, 0.1) is 11.8 Å². The van der Waals surface area contributed by atoms with Crippen LogP contribution in [-0.4, -0.2) is 82.8 Å². The number of rotatable bonds is 15. The van der Waals surface area contributed by atoms with Gasteiger partial charge in [-0.2, -0.15) is 0 Å². The van der Waals surface area contributed by atoms with Crippen LogP contribution in [0.25, 0.3) is 0 Å². The van der Waals surface area contributed by atoms with Crippen molar-refractivity contribution in [2.24, 2.45) is 11.8 Å². The van der Waals surface area contributed by atoms with E-state index in [-0.39, 0.29) is 31.1 Å². The standard InChI is InChI=1S/C27H42N2O6/c1-5-8-18-34-26(33)21-20-13-14-27(35-20)22(21)24(31)29(16-10-9-11-17-30)23(27)25(32)28(15-7-3)19(4)12-6-2/h5,7,19-23,30H,1,3,6,8-18H2,2,4H3/t19?,20-,21+,22+,23?,27?/m1/s1. The van der Waals surface area contributed by atoms with E-state index in [2.05, 4.69) is 20.1 Å². The molecule has 1 spiro atoms. The average Bonchev–Trinajstić information content (AvgIpc) is 3.47. The Labute approximate surface area is 209 Å². The second-order valence-electron chi connectivity index (χ2n) is 10.0. The van der Waals surface area contributed by atoms with Gasteiger partial charge in [0.05, 0.1) is 24.5 Å². The maximum absolute atomic E-state index is 14.1. The molecule has 2 bridgehead atoms. The molecular weight excluding hydrogens is 448 g/mol. The Hall–Kier alpha value is -2.19. The molecule has 0 aliphatic carbocycles. The number of amides is 2. The molecule has 1 N–H and O–H groups in total. The number of hydrogen-bond donors (Lipinski definition) is 1. The predicted octanol–water partition coefficient (Wildman–Crippen LogP) is 2.85. The molecule has 3 rings (SSSR count). The molecule has 196 valence electrons. The summed E-state index contributed by atoms with van der Waals surface area (Å²) in [4.78, 5) is 44.5. The Kier molecular flexibility index (Phi) is 9.53. The highest BCUT2D eigenvalue weighted by atomic mass is 16.6. The number of fused-ring (bicyclic) bond motifs is 1. The molecule has 2 amide bonds. The van der Waals surface area contributed by atoms with Gasteiger partial charge >= 0.3 is 5.97 Å². The van der Waals surface area contributed by atoms with Gasteiger partial charge in [-0.3, -0.25) is 14.4 Å². The maximum Gasteiger partial charge on any atom is 0.312 e. The lowest BCUT2D eigenvalue weighted by Crippen LogP contribution is -2.57. The van der Waals surface area contributed by atoms with Crippen molar-refractivity contribution >= 4 is 17.8 Å². The van der Waals surface area contributed by atoms with Crippen LogP contribution in [0.5, 0.6) is 0 Å². The SMILES string of the molecule is C=CCCOC(=O)[C@@H]1[C@H]2C(=O)N(CCCCCO)C(C(=O)N(CC=C)C(C)CCC)C23CC[C@H]1O3. The van der Waals surface area contributed by atoms with E-state index in [1.165, 1.54) is 0 Å². The number of carbonyl (C=O) groups excluding carboxylic acids is 3. The van der Waals surface area contributed by atoms with E-state index in [1.807, 2.05) is 6.92 Å². The van der Waals surface area contributed by atoms with E-state index in [1.54, 1.807) is 22.0 Å². The minimum absolute atomic E-state index is 0.00874. The number of likely N-dealkylation sites (tertiary alicyclic amines) is 1. The van der Waals surface area contributed by atoms with Crippen LogP contribution in [0.4, 0.5) is 0 Å². The van der Waals surface area contributed by atoms with Crippen molar-refractivity contribution in [3.05, 3.63) is 25.3 Å². The van der Waals surface area contributed by atoms with Gasteiger partial charge in [0, 0.05) is 25.7 Å². The summed E-state index contributed by atoms with van der Waals surface area (Å²) in [5.74, 6) is -2.16. The van der Waals surface area contributed by atoms with Gasteiger partial charge in [-0.15, -0.1) is 13.2 Å². The van der Waals surface area contributed by atoms with Crippen molar-refractivity contribution in [3.8, 4) is 0 Å². The molecule has 0 saturated carbocycles. The molecule has 6 atom stereocenters. The second-order valence-corrected chi connectivity index (χ2v) is 10.0. The van der Waals surface area contributed by atoms with Crippen LogP contribution >= 0.6 is 0 Å². The summed E-state index contributed by atoms with van der Waals surface area (Å²) in [7, 11) is 0. The van der Waals surface area contributed by atoms with Gasteiger partial charge < -0.3 is 24.4 Å². The smallest absolute Gasteiger partial charge is 0.312 e. The third-order valence-electron chi connectivity index (χ3n) is 7.78. The fraction of sp³-hybridized carbons (Fsp3) is 0.741. The lowest BCUT2D eigenvalue weighted by molar-refractivity contribution is -0.155. The molecule has 0 aromatic carbocycles. The lowest BCUT2D eigenvalue weighted by Gasteiger charge is -2.39. The minimum atomic E-state index is -1.01. The first-order valence-corrected chi connectivity index (χ1v) is 13.2. The number of aliphatic hydroxyl groups excluding tert-OH is 1. The maximum atomic E-state index is 14.1. The molecule has 3 aliphatic rings. The van der Waals surface area contributed by atoms with Crippen molar-refractivity contribution in [2.75, 3.05) is 26.3 Å². The minimum Gasteiger partial charge on any atom is -0.465 e. The van der Waals surface area contributed by atoms with Gasteiger partial charge in [-0.05, 0) is 51.9 Å². The molecule has 8 heteroatoms. The summed E-state index contributed by atoms with van der Waals surface area (Å²) in [5.41, 5.74) is -1.01. The molecule has 3 fully saturated rings. The summed E-state index contributed by atoms with van der Waals surface area (Å²) in [6.45, 7) is 12.7. The Morgan fingerprint density at radius 2 is 2.09 bits per heavy atom. The Balaban J connectivity index is 1.94. The highest BCUT2D eigenvalue weighted by Crippen LogP contribution is 2.58. The van der Waals surface area contributed by atoms with Crippen molar-refractivity contribution in [1.82, 2.24) is 9.80 Å². The highest BCUT2D eigenvalue weighted by Gasteiger charge is 2.75. The number of carbonyl (C=O) groups is 3. The summed E-state index contributed by atoms with van der Waals surface area (Å²) < 4.78 is 11.9. The van der Waals surface area contributed by atoms with Crippen molar-refractivity contribution < 1.29 is 29.0 Å². The zero-order valence-corrected chi connectivity index (χ0v) is 21.3. The van der Waals surface area contributed by atoms with E-state index in [0.29, 0.717) is 45.2 Å². The molecule has 3 aliphatic heterocycles. The first-order chi connectivity index (χ1) is 16.9. The van der Waals surface area contributed by atoms with Gasteiger partial charge in [0.1, 0.15) is 11.6 Å². The van der Waals surface area contributed by atoms with E-state index in [0.717, 1.165) is 19.3 Å². The molecule has 3 heterocycles. The molecule has 0 radical (unpaired) electrons. The monoisotopic (exact) mass is 490 g/mol. The van der Waals surface area contributed by atoms with Crippen LogP contribution in [0.1, 0.15) is 65.2 Å². The molecule has 3 saturated heterocycles. The number of ether oxygens (including phenoxy) is 2. The van der Waals surface area contributed by atoms with Gasteiger partial charge in [0.25, 0.3) is 0 Å². The largest absolute Gasteiger partial charge is 0.465 e. The topological polar surface area (TPSA) is 96.4 Å². The predicted molar refractivity (Wildman–Crippen MR) is 132 cm³/mol. The van der Waals surface area contributed by atoms with Crippen molar-refractivity contribution in [1.29, 1.82) is 0 Å². The van der Waals surface area contributed by atoms with Crippen LogP contribution in [0.3, 0.4) is 0 Å².